The van der Waals surface area contributed by atoms with E-state index in [2.05, 4.69) is 10.6 Å². The van der Waals surface area contributed by atoms with Gasteiger partial charge in [-0.05, 0) is 38.5 Å². The van der Waals surface area contributed by atoms with Gasteiger partial charge in [0.05, 0.1) is 11.6 Å². The Morgan fingerprint density at radius 2 is 2.05 bits per heavy atom. The Hall–Kier alpha value is -1.30. The van der Waals surface area contributed by atoms with Crippen molar-refractivity contribution in [1.29, 1.82) is 0 Å². The van der Waals surface area contributed by atoms with Crippen molar-refractivity contribution in [2.45, 2.75) is 65.0 Å². The number of carbonyl (C=O) groups is 2. The van der Waals surface area contributed by atoms with Gasteiger partial charge in [0.1, 0.15) is 0 Å². The van der Waals surface area contributed by atoms with Crippen molar-refractivity contribution in [3.8, 4) is 0 Å². The third-order valence-corrected chi connectivity index (χ3v) is 4.39. The second-order valence-corrected chi connectivity index (χ2v) is 6.87. The van der Waals surface area contributed by atoms with E-state index in [1.54, 1.807) is 0 Å². The van der Waals surface area contributed by atoms with Crippen LogP contribution >= 0.6 is 0 Å². The lowest BCUT2D eigenvalue weighted by molar-refractivity contribution is -0.137. The monoisotopic (exact) mass is 300 g/mol. The zero-order valence-corrected chi connectivity index (χ0v) is 13.5. The molecular weight excluding hydrogens is 272 g/mol. The highest BCUT2D eigenvalue weighted by molar-refractivity contribution is 5.74. The normalized spacial score (nSPS) is 25.6. The number of nitrogens with one attached hydrogen (secondary N) is 2. The molecular formula is C15H28N2O4. The standard InChI is InChI=1S/C15H28N2O4/c1-11-15(4,8-10-21-11)17-13(20)16-9-7-14(2,3)6-5-12(18)19/h11H,5-10H2,1-4H3,(H,18,19)(H2,16,17,20). The molecule has 0 radical (unpaired) electrons. The molecule has 122 valence electrons. The molecule has 2 amide bonds. The second-order valence-electron chi connectivity index (χ2n) is 6.87. The Balaban J connectivity index is 2.28. The van der Waals surface area contributed by atoms with Crippen molar-refractivity contribution in [2.75, 3.05) is 13.2 Å². The summed E-state index contributed by atoms with van der Waals surface area (Å²) >= 11 is 0. The zero-order chi connectivity index (χ0) is 16.1. The number of carbonyl (C=O) groups excluding carboxylic acids is 1. The van der Waals surface area contributed by atoms with Crippen LogP contribution in [0, 0.1) is 5.41 Å². The summed E-state index contributed by atoms with van der Waals surface area (Å²) in [6.45, 7) is 9.18. The van der Waals surface area contributed by atoms with Crippen LogP contribution in [-0.2, 0) is 9.53 Å². The van der Waals surface area contributed by atoms with Gasteiger partial charge in [-0.2, -0.15) is 0 Å². The summed E-state index contributed by atoms with van der Waals surface area (Å²) in [5, 5.41) is 14.5. The fourth-order valence-electron chi connectivity index (χ4n) is 2.39. The Bertz CT molecular complexity index is 384. The molecule has 0 aromatic heterocycles. The Morgan fingerprint density at radius 3 is 2.57 bits per heavy atom. The van der Waals surface area contributed by atoms with Crippen LogP contribution in [0.1, 0.15) is 53.4 Å². The first-order valence-electron chi connectivity index (χ1n) is 7.54. The van der Waals surface area contributed by atoms with Crippen LogP contribution in [-0.4, -0.2) is 41.9 Å². The van der Waals surface area contributed by atoms with Crippen LogP contribution in [0.3, 0.4) is 0 Å². The minimum atomic E-state index is -0.781. The number of amides is 2. The number of hydrogen-bond acceptors (Lipinski definition) is 3. The lowest BCUT2D eigenvalue weighted by Gasteiger charge is -2.29. The van der Waals surface area contributed by atoms with Crippen molar-refractivity contribution < 1.29 is 19.4 Å². The number of rotatable bonds is 7. The molecule has 0 saturated carbocycles. The number of urea groups is 1. The Kier molecular flexibility index (Phi) is 6.01. The predicted octanol–water partition coefficient (Wildman–Crippen LogP) is 2.13. The molecule has 1 fully saturated rings. The summed E-state index contributed by atoms with van der Waals surface area (Å²) in [5.74, 6) is -0.781. The first kappa shape index (κ1) is 17.8. The lowest BCUT2D eigenvalue weighted by Crippen LogP contribution is -2.54. The maximum Gasteiger partial charge on any atom is 0.315 e. The Labute approximate surface area is 126 Å². The molecule has 1 heterocycles. The smallest absolute Gasteiger partial charge is 0.315 e. The molecule has 0 spiro atoms. The second kappa shape index (κ2) is 7.11. The van der Waals surface area contributed by atoms with Gasteiger partial charge in [-0.3, -0.25) is 4.79 Å². The average Bonchev–Trinajstić information content (AvgIpc) is 2.66. The molecule has 1 saturated heterocycles. The minimum absolute atomic E-state index is 0.00950. The number of carboxylic acids is 1. The summed E-state index contributed by atoms with van der Waals surface area (Å²) in [4.78, 5) is 22.5. The number of aliphatic carboxylic acids is 1. The molecule has 3 N–H and O–H groups in total. The van der Waals surface area contributed by atoms with Gasteiger partial charge in [-0.1, -0.05) is 13.8 Å². The van der Waals surface area contributed by atoms with Crippen LogP contribution in [0.15, 0.2) is 0 Å². The molecule has 1 aliphatic rings. The van der Waals surface area contributed by atoms with Gasteiger partial charge in [0.25, 0.3) is 0 Å². The lowest BCUT2D eigenvalue weighted by atomic mass is 9.84. The topological polar surface area (TPSA) is 87.7 Å². The summed E-state index contributed by atoms with van der Waals surface area (Å²) in [7, 11) is 0. The van der Waals surface area contributed by atoms with E-state index in [9.17, 15) is 9.59 Å². The summed E-state index contributed by atoms with van der Waals surface area (Å²) < 4.78 is 5.48. The first-order valence-corrected chi connectivity index (χ1v) is 7.54. The number of ether oxygens (including phenoxy) is 1. The van der Waals surface area contributed by atoms with Crippen LogP contribution in [0.5, 0.6) is 0 Å². The van der Waals surface area contributed by atoms with Crippen LogP contribution in [0.2, 0.25) is 0 Å². The third kappa shape index (κ3) is 5.91. The molecule has 0 aromatic carbocycles. The largest absolute Gasteiger partial charge is 0.481 e. The highest BCUT2D eigenvalue weighted by Crippen LogP contribution is 2.26. The molecule has 21 heavy (non-hydrogen) atoms. The molecule has 1 rings (SSSR count). The van der Waals surface area contributed by atoms with Crippen molar-refractivity contribution in [3.05, 3.63) is 0 Å². The molecule has 2 atom stereocenters. The van der Waals surface area contributed by atoms with Crippen LogP contribution in [0.25, 0.3) is 0 Å². The van der Waals surface area contributed by atoms with Crippen molar-refractivity contribution in [3.63, 3.8) is 0 Å². The van der Waals surface area contributed by atoms with Gasteiger partial charge >= 0.3 is 12.0 Å². The van der Waals surface area contributed by atoms with Gasteiger partial charge in [0, 0.05) is 19.6 Å². The van der Waals surface area contributed by atoms with Gasteiger partial charge in [0.15, 0.2) is 0 Å². The van der Waals surface area contributed by atoms with E-state index in [1.807, 2.05) is 27.7 Å². The predicted molar refractivity (Wildman–Crippen MR) is 80.2 cm³/mol. The quantitative estimate of drug-likeness (QED) is 0.672. The van der Waals surface area contributed by atoms with Gasteiger partial charge in [-0.15, -0.1) is 0 Å². The van der Waals surface area contributed by atoms with Crippen molar-refractivity contribution in [1.82, 2.24) is 10.6 Å². The zero-order valence-electron chi connectivity index (χ0n) is 13.5. The number of carboxylic acid groups (broad SMARTS) is 1. The van der Waals surface area contributed by atoms with E-state index in [1.165, 1.54) is 0 Å². The maximum absolute atomic E-state index is 11.9. The Morgan fingerprint density at radius 1 is 1.38 bits per heavy atom. The SMILES string of the molecule is CC1OCCC1(C)NC(=O)NCCC(C)(C)CCC(=O)O. The third-order valence-electron chi connectivity index (χ3n) is 4.39. The first-order chi connectivity index (χ1) is 9.65. The van der Waals surface area contributed by atoms with E-state index in [0.717, 1.165) is 12.8 Å². The molecule has 6 nitrogen and oxygen atoms in total. The minimum Gasteiger partial charge on any atom is -0.481 e. The molecule has 0 aliphatic carbocycles. The van der Waals surface area contributed by atoms with Crippen molar-refractivity contribution in [2.24, 2.45) is 5.41 Å². The van der Waals surface area contributed by atoms with Gasteiger partial charge < -0.3 is 20.5 Å². The summed E-state index contributed by atoms with van der Waals surface area (Å²) in [6, 6.07) is -0.191. The van der Waals surface area contributed by atoms with E-state index in [4.69, 9.17) is 9.84 Å². The van der Waals surface area contributed by atoms with Crippen LogP contribution in [0.4, 0.5) is 4.79 Å². The molecule has 0 aromatic rings. The van der Waals surface area contributed by atoms with E-state index in [-0.39, 0.29) is 29.5 Å². The van der Waals surface area contributed by atoms with Crippen molar-refractivity contribution >= 4 is 12.0 Å². The van der Waals surface area contributed by atoms with E-state index >= 15 is 0 Å². The fourth-order valence-corrected chi connectivity index (χ4v) is 2.39. The van der Waals surface area contributed by atoms with E-state index < -0.39 is 5.97 Å². The number of hydrogen-bond donors (Lipinski definition) is 3. The fraction of sp³-hybridized carbons (Fsp3) is 0.867. The van der Waals surface area contributed by atoms with Crippen LogP contribution < -0.4 is 10.6 Å². The summed E-state index contributed by atoms with van der Waals surface area (Å²) in [6.07, 6.45) is 2.33. The molecule has 0 bridgehead atoms. The summed E-state index contributed by atoms with van der Waals surface area (Å²) in [5.41, 5.74) is -0.414. The average molecular weight is 300 g/mol. The van der Waals surface area contributed by atoms with Gasteiger partial charge in [0.2, 0.25) is 0 Å². The van der Waals surface area contributed by atoms with Gasteiger partial charge in [-0.25, -0.2) is 4.79 Å². The highest BCUT2D eigenvalue weighted by Gasteiger charge is 2.38. The van der Waals surface area contributed by atoms with E-state index in [0.29, 0.717) is 19.6 Å². The molecule has 1 aliphatic heterocycles. The highest BCUT2D eigenvalue weighted by atomic mass is 16.5. The molecule has 2 unspecified atom stereocenters. The molecule has 6 heteroatoms. The maximum atomic E-state index is 11.9.